The summed E-state index contributed by atoms with van der Waals surface area (Å²) in [4.78, 5) is 2.61. The summed E-state index contributed by atoms with van der Waals surface area (Å²) >= 11 is 0. The minimum atomic E-state index is 0.741. The summed E-state index contributed by atoms with van der Waals surface area (Å²) in [6.07, 6.45) is 2.83. The van der Waals surface area contributed by atoms with Crippen molar-refractivity contribution in [1.82, 2.24) is 4.90 Å². The Hall–Kier alpha value is -0.0400. The van der Waals surface area contributed by atoms with Gasteiger partial charge in [-0.2, -0.15) is 0 Å². The summed E-state index contributed by atoms with van der Waals surface area (Å²) in [6, 6.07) is 0.741. The number of hydrogen-bond donors (Lipinski definition) is 0. The Morgan fingerprint density at radius 3 is 1.79 bits per heavy atom. The van der Waals surface area contributed by atoms with Gasteiger partial charge in [0.1, 0.15) is 0 Å². The summed E-state index contributed by atoms with van der Waals surface area (Å²) in [7, 11) is 0. The van der Waals surface area contributed by atoms with Crippen LogP contribution in [0.1, 0.15) is 47.5 Å². The first-order valence-corrected chi connectivity index (χ1v) is 6.26. The lowest BCUT2D eigenvalue weighted by Gasteiger charge is -2.38. The molecule has 0 N–H and O–H groups in total. The first-order chi connectivity index (χ1) is 6.52. The Labute approximate surface area is 89.9 Å². The van der Waals surface area contributed by atoms with Gasteiger partial charge >= 0.3 is 0 Å². The van der Waals surface area contributed by atoms with E-state index in [0.29, 0.717) is 0 Å². The van der Waals surface area contributed by atoms with Crippen molar-refractivity contribution < 1.29 is 0 Å². The molecule has 0 aliphatic carbocycles. The largest absolute Gasteiger partial charge is 0.301 e. The van der Waals surface area contributed by atoms with Crippen LogP contribution in [-0.2, 0) is 0 Å². The fourth-order valence-electron chi connectivity index (χ4n) is 2.51. The third-order valence-electron chi connectivity index (χ3n) is 4.10. The maximum Gasteiger partial charge on any atom is 0.00385 e. The van der Waals surface area contributed by atoms with Crippen LogP contribution >= 0.6 is 0 Å². The van der Waals surface area contributed by atoms with E-state index >= 15 is 0 Å². The van der Waals surface area contributed by atoms with Gasteiger partial charge < -0.3 is 4.90 Å². The SMILES string of the molecule is CC(C)C(C)C1CCN(C(C)C)CC1. The van der Waals surface area contributed by atoms with Gasteiger partial charge in [-0.3, -0.25) is 0 Å². The zero-order valence-corrected chi connectivity index (χ0v) is 10.6. The first kappa shape index (κ1) is 12.0. The zero-order chi connectivity index (χ0) is 10.7. The Morgan fingerprint density at radius 2 is 1.43 bits per heavy atom. The van der Waals surface area contributed by atoms with Gasteiger partial charge in [-0.1, -0.05) is 20.8 Å². The van der Waals surface area contributed by atoms with Crippen LogP contribution in [0.4, 0.5) is 0 Å². The Bertz CT molecular complexity index is 155. The maximum absolute atomic E-state index is 2.61. The van der Waals surface area contributed by atoms with Gasteiger partial charge in [0, 0.05) is 6.04 Å². The third kappa shape index (κ3) is 2.98. The average Bonchev–Trinajstić information content (AvgIpc) is 2.16. The van der Waals surface area contributed by atoms with Crippen LogP contribution in [0.25, 0.3) is 0 Å². The van der Waals surface area contributed by atoms with E-state index in [-0.39, 0.29) is 0 Å². The molecular weight excluding hydrogens is 170 g/mol. The van der Waals surface area contributed by atoms with E-state index in [4.69, 9.17) is 0 Å². The van der Waals surface area contributed by atoms with Crippen LogP contribution in [0.5, 0.6) is 0 Å². The van der Waals surface area contributed by atoms with Gasteiger partial charge in [0.05, 0.1) is 0 Å². The van der Waals surface area contributed by atoms with E-state index in [1.165, 1.54) is 25.9 Å². The molecular formula is C13H27N. The van der Waals surface area contributed by atoms with Crippen molar-refractivity contribution in [3.8, 4) is 0 Å². The second-order valence-corrected chi connectivity index (χ2v) is 5.57. The highest BCUT2D eigenvalue weighted by molar-refractivity contribution is 4.78. The molecule has 0 aromatic rings. The zero-order valence-electron chi connectivity index (χ0n) is 10.6. The second-order valence-electron chi connectivity index (χ2n) is 5.57. The van der Waals surface area contributed by atoms with Crippen molar-refractivity contribution in [3.05, 3.63) is 0 Å². The molecule has 0 spiro atoms. The molecule has 14 heavy (non-hydrogen) atoms. The van der Waals surface area contributed by atoms with Gasteiger partial charge in [0.25, 0.3) is 0 Å². The van der Waals surface area contributed by atoms with E-state index in [1.807, 2.05) is 0 Å². The molecule has 0 bridgehead atoms. The van der Waals surface area contributed by atoms with Crippen molar-refractivity contribution in [3.63, 3.8) is 0 Å². The topological polar surface area (TPSA) is 3.24 Å². The first-order valence-electron chi connectivity index (χ1n) is 6.26. The molecule has 0 radical (unpaired) electrons. The number of likely N-dealkylation sites (tertiary alicyclic amines) is 1. The molecule has 84 valence electrons. The van der Waals surface area contributed by atoms with Gasteiger partial charge in [-0.05, 0) is 57.5 Å². The highest BCUT2D eigenvalue weighted by Gasteiger charge is 2.26. The van der Waals surface area contributed by atoms with Crippen molar-refractivity contribution in [2.24, 2.45) is 17.8 Å². The lowest BCUT2D eigenvalue weighted by Crippen LogP contribution is -2.40. The third-order valence-corrected chi connectivity index (χ3v) is 4.10. The van der Waals surface area contributed by atoms with E-state index in [9.17, 15) is 0 Å². The number of nitrogens with zero attached hydrogens (tertiary/aromatic N) is 1. The van der Waals surface area contributed by atoms with Crippen LogP contribution in [0.3, 0.4) is 0 Å². The van der Waals surface area contributed by atoms with Crippen molar-refractivity contribution in [2.75, 3.05) is 13.1 Å². The van der Waals surface area contributed by atoms with Crippen LogP contribution in [0.15, 0.2) is 0 Å². The summed E-state index contributed by atoms with van der Waals surface area (Å²) in [5.41, 5.74) is 0. The van der Waals surface area contributed by atoms with Gasteiger partial charge in [-0.15, -0.1) is 0 Å². The van der Waals surface area contributed by atoms with Crippen molar-refractivity contribution >= 4 is 0 Å². The molecule has 1 nitrogen and oxygen atoms in total. The fourth-order valence-corrected chi connectivity index (χ4v) is 2.51. The van der Waals surface area contributed by atoms with E-state index in [0.717, 1.165) is 23.8 Å². The van der Waals surface area contributed by atoms with Crippen LogP contribution < -0.4 is 0 Å². The quantitative estimate of drug-likeness (QED) is 0.670. The lowest BCUT2D eigenvalue weighted by atomic mass is 9.79. The number of rotatable bonds is 3. The average molecular weight is 197 g/mol. The molecule has 1 atom stereocenters. The normalized spacial score (nSPS) is 23.4. The van der Waals surface area contributed by atoms with Gasteiger partial charge in [0.15, 0.2) is 0 Å². The smallest absolute Gasteiger partial charge is 0.00385 e. The van der Waals surface area contributed by atoms with Crippen molar-refractivity contribution in [2.45, 2.75) is 53.5 Å². The molecule has 1 aliphatic heterocycles. The van der Waals surface area contributed by atoms with Crippen LogP contribution in [0.2, 0.25) is 0 Å². The molecule has 1 rings (SSSR count). The van der Waals surface area contributed by atoms with E-state index in [1.54, 1.807) is 0 Å². The number of hydrogen-bond acceptors (Lipinski definition) is 1. The molecule has 1 aliphatic rings. The summed E-state index contributed by atoms with van der Waals surface area (Å²) in [6.45, 7) is 14.4. The predicted octanol–water partition coefficient (Wildman–Crippen LogP) is 3.40. The standard InChI is InChI=1S/C13H27N/c1-10(2)12(5)13-6-8-14(9-7-13)11(3)4/h10-13H,6-9H2,1-5H3. The van der Waals surface area contributed by atoms with Crippen molar-refractivity contribution in [1.29, 1.82) is 0 Å². The molecule has 1 unspecified atom stereocenters. The molecule has 0 amide bonds. The molecule has 1 heterocycles. The molecule has 1 saturated heterocycles. The monoisotopic (exact) mass is 197 g/mol. The Kier molecular flexibility index (Phi) is 4.43. The molecule has 0 saturated carbocycles. The number of piperidine rings is 1. The van der Waals surface area contributed by atoms with E-state index < -0.39 is 0 Å². The second kappa shape index (κ2) is 5.16. The lowest BCUT2D eigenvalue weighted by molar-refractivity contribution is 0.111. The molecule has 0 aromatic carbocycles. The van der Waals surface area contributed by atoms with Gasteiger partial charge in [0.2, 0.25) is 0 Å². The summed E-state index contributed by atoms with van der Waals surface area (Å²) in [5, 5.41) is 0. The van der Waals surface area contributed by atoms with Crippen LogP contribution in [0, 0.1) is 17.8 Å². The summed E-state index contributed by atoms with van der Waals surface area (Å²) < 4.78 is 0. The Balaban J connectivity index is 2.35. The highest BCUT2D eigenvalue weighted by Crippen LogP contribution is 2.30. The van der Waals surface area contributed by atoms with Crippen LogP contribution in [-0.4, -0.2) is 24.0 Å². The fraction of sp³-hybridized carbons (Fsp3) is 1.00. The Morgan fingerprint density at radius 1 is 0.929 bits per heavy atom. The minimum Gasteiger partial charge on any atom is -0.301 e. The predicted molar refractivity (Wildman–Crippen MR) is 63.4 cm³/mol. The van der Waals surface area contributed by atoms with E-state index in [2.05, 4.69) is 39.5 Å². The van der Waals surface area contributed by atoms with Gasteiger partial charge in [-0.25, -0.2) is 0 Å². The summed E-state index contributed by atoms with van der Waals surface area (Å²) in [5.74, 6) is 2.74. The maximum atomic E-state index is 2.61. The minimum absolute atomic E-state index is 0.741. The molecule has 0 aromatic heterocycles. The highest BCUT2D eigenvalue weighted by atomic mass is 15.1. The molecule has 1 heteroatoms. The molecule has 1 fully saturated rings.